The zero-order valence-electron chi connectivity index (χ0n) is 11.0. The molecule has 0 radical (unpaired) electrons. The molecule has 17 heavy (non-hydrogen) atoms. The van der Waals surface area contributed by atoms with Crippen LogP contribution in [0.1, 0.15) is 39.3 Å². The van der Waals surface area contributed by atoms with E-state index in [4.69, 9.17) is 0 Å². The van der Waals surface area contributed by atoms with Crippen LogP contribution in [0.4, 0.5) is 5.82 Å². The standard InChI is InChI=1S/C13H22N4/c1-4-14-12-9-15-11(8-16-12)10-17-7-5-6-13(17,2)3/h8-9H,4-7,10H2,1-3H3,(H,14,16). The third-order valence-electron chi connectivity index (χ3n) is 3.49. The molecule has 0 atom stereocenters. The van der Waals surface area contributed by atoms with Gasteiger partial charge >= 0.3 is 0 Å². The molecular weight excluding hydrogens is 212 g/mol. The number of anilines is 1. The number of hydrogen-bond acceptors (Lipinski definition) is 4. The van der Waals surface area contributed by atoms with Gasteiger partial charge < -0.3 is 5.32 Å². The maximum atomic E-state index is 4.46. The molecule has 1 fully saturated rings. The summed E-state index contributed by atoms with van der Waals surface area (Å²) in [6.45, 7) is 9.63. The predicted octanol–water partition coefficient (Wildman–Crippen LogP) is 2.28. The van der Waals surface area contributed by atoms with Crippen molar-refractivity contribution >= 4 is 5.82 Å². The predicted molar refractivity (Wildman–Crippen MR) is 69.9 cm³/mol. The molecule has 2 heterocycles. The van der Waals surface area contributed by atoms with E-state index in [1.54, 1.807) is 0 Å². The van der Waals surface area contributed by atoms with Crippen molar-refractivity contribution in [2.75, 3.05) is 18.4 Å². The van der Waals surface area contributed by atoms with Crippen LogP contribution in [0.3, 0.4) is 0 Å². The van der Waals surface area contributed by atoms with Crippen LogP contribution < -0.4 is 5.32 Å². The Morgan fingerprint density at radius 1 is 1.35 bits per heavy atom. The van der Waals surface area contributed by atoms with Crippen molar-refractivity contribution in [2.45, 2.75) is 45.7 Å². The second-order valence-corrected chi connectivity index (χ2v) is 5.26. The lowest BCUT2D eigenvalue weighted by atomic mass is 10.0. The molecule has 4 nitrogen and oxygen atoms in total. The fraction of sp³-hybridized carbons (Fsp3) is 0.692. The summed E-state index contributed by atoms with van der Waals surface area (Å²) in [5.74, 6) is 0.858. The first-order valence-corrected chi connectivity index (χ1v) is 6.41. The fourth-order valence-corrected chi connectivity index (χ4v) is 2.36. The van der Waals surface area contributed by atoms with Crippen LogP contribution in [0.25, 0.3) is 0 Å². The molecule has 1 aliphatic rings. The number of hydrogen-bond donors (Lipinski definition) is 1. The van der Waals surface area contributed by atoms with E-state index in [1.165, 1.54) is 19.4 Å². The van der Waals surface area contributed by atoms with Crippen LogP contribution in [0.15, 0.2) is 12.4 Å². The van der Waals surface area contributed by atoms with Crippen LogP contribution in [0.2, 0.25) is 0 Å². The quantitative estimate of drug-likeness (QED) is 0.867. The van der Waals surface area contributed by atoms with Crippen LogP contribution in [-0.2, 0) is 6.54 Å². The van der Waals surface area contributed by atoms with Gasteiger partial charge in [-0.15, -0.1) is 0 Å². The summed E-state index contributed by atoms with van der Waals surface area (Å²) in [4.78, 5) is 11.3. The second-order valence-electron chi connectivity index (χ2n) is 5.26. The van der Waals surface area contributed by atoms with E-state index >= 15 is 0 Å². The van der Waals surface area contributed by atoms with Gasteiger partial charge in [0.1, 0.15) is 5.82 Å². The molecule has 4 heteroatoms. The molecule has 0 aromatic carbocycles. The molecule has 1 aromatic heterocycles. The van der Waals surface area contributed by atoms with E-state index in [1.807, 2.05) is 12.4 Å². The largest absolute Gasteiger partial charge is 0.369 e. The van der Waals surface area contributed by atoms with Crippen LogP contribution in [0, 0.1) is 0 Å². The van der Waals surface area contributed by atoms with E-state index in [9.17, 15) is 0 Å². The normalized spacial score (nSPS) is 19.5. The molecule has 0 saturated carbocycles. The van der Waals surface area contributed by atoms with Gasteiger partial charge in [0, 0.05) is 18.6 Å². The minimum absolute atomic E-state index is 0.308. The Balaban J connectivity index is 1.99. The van der Waals surface area contributed by atoms with E-state index < -0.39 is 0 Å². The molecule has 0 bridgehead atoms. The molecule has 1 aromatic rings. The lowest BCUT2D eigenvalue weighted by molar-refractivity contribution is 0.164. The molecule has 0 aliphatic carbocycles. The average Bonchev–Trinajstić information content (AvgIpc) is 2.62. The summed E-state index contributed by atoms with van der Waals surface area (Å²) in [6, 6.07) is 0. The van der Waals surface area contributed by atoms with Crippen molar-refractivity contribution in [3.63, 3.8) is 0 Å². The molecule has 1 saturated heterocycles. The van der Waals surface area contributed by atoms with Crippen LogP contribution >= 0.6 is 0 Å². The molecule has 2 rings (SSSR count). The maximum absolute atomic E-state index is 4.46. The van der Waals surface area contributed by atoms with Crippen molar-refractivity contribution in [3.8, 4) is 0 Å². The van der Waals surface area contributed by atoms with Gasteiger partial charge in [0.25, 0.3) is 0 Å². The summed E-state index contributed by atoms with van der Waals surface area (Å²) in [5.41, 5.74) is 1.36. The highest BCUT2D eigenvalue weighted by molar-refractivity contribution is 5.30. The lowest BCUT2D eigenvalue weighted by Crippen LogP contribution is -2.37. The molecule has 1 N–H and O–H groups in total. The third-order valence-corrected chi connectivity index (χ3v) is 3.49. The molecule has 0 spiro atoms. The molecule has 94 valence electrons. The van der Waals surface area contributed by atoms with Crippen molar-refractivity contribution < 1.29 is 0 Å². The van der Waals surface area contributed by atoms with Gasteiger partial charge in [-0.25, -0.2) is 4.98 Å². The van der Waals surface area contributed by atoms with Crippen molar-refractivity contribution in [1.29, 1.82) is 0 Å². The van der Waals surface area contributed by atoms with E-state index in [2.05, 4.69) is 41.0 Å². The van der Waals surface area contributed by atoms with Gasteiger partial charge in [0.05, 0.1) is 18.1 Å². The average molecular weight is 234 g/mol. The molecule has 0 amide bonds. The Morgan fingerprint density at radius 3 is 2.71 bits per heavy atom. The Morgan fingerprint density at radius 2 is 2.18 bits per heavy atom. The summed E-state index contributed by atoms with van der Waals surface area (Å²) in [7, 11) is 0. The minimum atomic E-state index is 0.308. The van der Waals surface area contributed by atoms with Gasteiger partial charge in [-0.05, 0) is 40.2 Å². The van der Waals surface area contributed by atoms with E-state index in [0.29, 0.717) is 5.54 Å². The number of nitrogens with one attached hydrogen (secondary N) is 1. The topological polar surface area (TPSA) is 41.1 Å². The van der Waals surface area contributed by atoms with Crippen LogP contribution in [0.5, 0.6) is 0 Å². The highest BCUT2D eigenvalue weighted by atomic mass is 15.2. The Bertz CT molecular complexity index is 358. The minimum Gasteiger partial charge on any atom is -0.369 e. The number of aromatic nitrogens is 2. The van der Waals surface area contributed by atoms with Crippen LogP contribution in [-0.4, -0.2) is 33.5 Å². The van der Waals surface area contributed by atoms with Crippen molar-refractivity contribution in [3.05, 3.63) is 18.1 Å². The molecular formula is C13H22N4. The Hall–Kier alpha value is -1.16. The zero-order valence-corrected chi connectivity index (χ0v) is 11.0. The van der Waals surface area contributed by atoms with Crippen molar-refractivity contribution in [2.24, 2.45) is 0 Å². The number of likely N-dealkylation sites (tertiary alicyclic amines) is 1. The SMILES string of the molecule is CCNc1cnc(CN2CCCC2(C)C)cn1. The smallest absolute Gasteiger partial charge is 0.144 e. The first-order chi connectivity index (χ1) is 8.12. The number of nitrogens with zero attached hydrogens (tertiary/aromatic N) is 3. The zero-order chi connectivity index (χ0) is 12.3. The van der Waals surface area contributed by atoms with E-state index in [-0.39, 0.29) is 0 Å². The highest BCUT2D eigenvalue weighted by Gasteiger charge is 2.31. The van der Waals surface area contributed by atoms with Gasteiger partial charge in [-0.1, -0.05) is 0 Å². The Kier molecular flexibility index (Phi) is 3.62. The fourth-order valence-electron chi connectivity index (χ4n) is 2.36. The third kappa shape index (κ3) is 2.94. The number of rotatable bonds is 4. The van der Waals surface area contributed by atoms with Gasteiger partial charge in [0.15, 0.2) is 0 Å². The molecule has 0 unspecified atom stereocenters. The van der Waals surface area contributed by atoms with Gasteiger partial charge in [-0.3, -0.25) is 9.88 Å². The van der Waals surface area contributed by atoms with E-state index in [0.717, 1.165) is 24.6 Å². The Labute approximate surface area is 103 Å². The monoisotopic (exact) mass is 234 g/mol. The summed E-state index contributed by atoms with van der Waals surface area (Å²) >= 11 is 0. The summed E-state index contributed by atoms with van der Waals surface area (Å²) in [6.07, 6.45) is 6.26. The van der Waals surface area contributed by atoms with Gasteiger partial charge in [-0.2, -0.15) is 0 Å². The van der Waals surface area contributed by atoms with Crippen molar-refractivity contribution in [1.82, 2.24) is 14.9 Å². The summed E-state index contributed by atoms with van der Waals surface area (Å²) < 4.78 is 0. The second kappa shape index (κ2) is 5.00. The molecule has 1 aliphatic heterocycles. The maximum Gasteiger partial charge on any atom is 0.144 e. The first-order valence-electron chi connectivity index (χ1n) is 6.41. The summed E-state index contributed by atoms with van der Waals surface area (Å²) in [5, 5.41) is 3.16. The first kappa shape index (κ1) is 12.3. The van der Waals surface area contributed by atoms with Gasteiger partial charge in [0.2, 0.25) is 0 Å². The highest BCUT2D eigenvalue weighted by Crippen LogP contribution is 2.29. The lowest BCUT2D eigenvalue weighted by Gasteiger charge is -2.31.